The van der Waals surface area contributed by atoms with Gasteiger partial charge in [0, 0.05) is 0 Å². The van der Waals surface area contributed by atoms with E-state index in [1.54, 1.807) is 6.07 Å². The molecule has 0 atom stereocenters. The summed E-state index contributed by atoms with van der Waals surface area (Å²) in [5, 5.41) is 0. The molecule has 0 amide bonds. The quantitative estimate of drug-likeness (QED) is 0.569. The lowest BCUT2D eigenvalue weighted by molar-refractivity contribution is 0.112. The number of para-hydroxylation sites is 1. The van der Waals surface area contributed by atoms with E-state index in [0.717, 1.165) is 0 Å². The third-order valence-electron chi connectivity index (χ3n) is 1.53. The zero-order chi connectivity index (χ0) is 10.8. The molecule has 14 heavy (non-hydrogen) atoms. The number of aldehydes is 1. The van der Waals surface area contributed by atoms with Gasteiger partial charge >= 0.3 is 0 Å². The van der Waals surface area contributed by atoms with Crippen molar-refractivity contribution < 1.29 is 13.6 Å². The molecular formula is C10H13FO2Si. The minimum absolute atomic E-state index is 0.0849. The summed E-state index contributed by atoms with van der Waals surface area (Å²) in [6, 6.07) is 4.34. The average molecular weight is 212 g/mol. The van der Waals surface area contributed by atoms with E-state index in [4.69, 9.17) is 4.43 Å². The molecule has 0 saturated carbocycles. The predicted octanol–water partition coefficient (Wildman–Crippen LogP) is 2.85. The van der Waals surface area contributed by atoms with Crippen LogP contribution in [0.2, 0.25) is 19.6 Å². The first-order chi connectivity index (χ1) is 6.44. The number of halogens is 1. The minimum atomic E-state index is -1.88. The normalized spacial score (nSPS) is 11.1. The monoisotopic (exact) mass is 212 g/mol. The van der Waals surface area contributed by atoms with E-state index in [0.29, 0.717) is 6.29 Å². The summed E-state index contributed by atoms with van der Waals surface area (Å²) >= 11 is 0. The second kappa shape index (κ2) is 3.92. The molecular weight excluding hydrogens is 199 g/mol. The van der Waals surface area contributed by atoms with Crippen molar-refractivity contribution in [2.75, 3.05) is 0 Å². The van der Waals surface area contributed by atoms with Crippen LogP contribution in [0.25, 0.3) is 0 Å². The summed E-state index contributed by atoms with van der Waals surface area (Å²) in [5.74, 6) is -0.390. The van der Waals surface area contributed by atoms with Crippen LogP contribution in [0, 0.1) is 5.82 Å². The molecule has 0 heterocycles. The Kier molecular flexibility index (Phi) is 3.05. The van der Waals surface area contributed by atoms with Gasteiger partial charge in [-0.2, -0.15) is 0 Å². The molecule has 0 radical (unpaired) electrons. The van der Waals surface area contributed by atoms with Crippen molar-refractivity contribution in [1.82, 2.24) is 0 Å². The zero-order valence-corrected chi connectivity index (χ0v) is 9.50. The van der Waals surface area contributed by atoms with E-state index in [2.05, 4.69) is 0 Å². The van der Waals surface area contributed by atoms with Gasteiger partial charge in [0.25, 0.3) is 0 Å². The first-order valence-electron chi connectivity index (χ1n) is 4.37. The van der Waals surface area contributed by atoms with Crippen molar-refractivity contribution in [3.05, 3.63) is 29.6 Å². The Bertz CT molecular complexity index is 344. The number of hydrogen-bond donors (Lipinski definition) is 0. The Labute approximate surface area is 83.8 Å². The SMILES string of the molecule is C[Si](C)(C)Oc1c(F)cccc1C=O. The van der Waals surface area contributed by atoms with Crippen molar-refractivity contribution in [3.63, 3.8) is 0 Å². The van der Waals surface area contributed by atoms with Crippen LogP contribution in [-0.2, 0) is 0 Å². The van der Waals surface area contributed by atoms with Crippen LogP contribution in [0.15, 0.2) is 18.2 Å². The second-order valence-electron chi connectivity index (χ2n) is 3.99. The minimum Gasteiger partial charge on any atom is -0.542 e. The number of benzene rings is 1. The molecule has 0 aromatic heterocycles. The molecule has 76 valence electrons. The topological polar surface area (TPSA) is 26.3 Å². The summed E-state index contributed by atoms with van der Waals surface area (Å²) in [6.45, 7) is 5.82. The Morgan fingerprint density at radius 3 is 2.50 bits per heavy atom. The van der Waals surface area contributed by atoms with E-state index in [9.17, 15) is 9.18 Å². The summed E-state index contributed by atoms with van der Waals surface area (Å²) in [5.41, 5.74) is 0.271. The van der Waals surface area contributed by atoms with Crippen molar-refractivity contribution in [2.45, 2.75) is 19.6 Å². The van der Waals surface area contributed by atoms with Gasteiger partial charge in [0.2, 0.25) is 8.32 Å². The molecule has 4 heteroatoms. The van der Waals surface area contributed by atoms with Gasteiger partial charge in [-0.05, 0) is 31.8 Å². The summed E-state index contributed by atoms with van der Waals surface area (Å²) in [6.07, 6.45) is 0.610. The fourth-order valence-corrected chi connectivity index (χ4v) is 1.86. The number of carbonyl (C=O) groups is 1. The van der Waals surface area contributed by atoms with Crippen LogP contribution in [0.1, 0.15) is 10.4 Å². The molecule has 2 nitrogen and oxygen atoms in total. The summed E-state index contributed by atoms with van der Waals surface area (Å²) in [4.78, 5) is 10.6. The molecule has 0 fully saturated rings. The van der Waals surface area contributed by atoms with E-state index in [-0.39, 0.29) is 11.3 Å². The fourth-order valence-electron chi connectivity index (χ4n) is 1.03. The first kappa shape index (κ1) is 10.9. The van der Waals surface area contributed by atoms with Gasteiger partial charge in [-0.1, -0.05) is 6.07 Å². The van der Waals surface area contributed by atoms with Gasteiger partial charge in [0.15, 0.2) is 17.9 Å². The van der Waals surface area contributed by atoms with Crippen LogP contribution >= 0.6 is 0 Å². The molecule has 0 bridgehead atoms. The van der Waals surface area contributed by atoms with Gasteiger partial charge in [-0.15, -0.1) is 0 Å². The Hall–Kier alpha value is -1.16. The lowest BCUT2D eigenvalue weighted by Crippen LogP contribution is -2.30. The van der Waals surface area contributed by atoms with Crippen LogP contribution in [-0.4, -0.2) is 14.6 Å². The van der Waals surface area contributed by atoms with Gasteiger partial charge in [0.05, 0.1) is 5.56 Å². The Morgan fingerprint density at radius 2 is 2.00 bits per heavy atom. The zero-order valence-electron chi connectivity index (χ0n) is 8.50. The molecule has 0 saturated heterocycles. The van der Waals surface area contributed by atoms with Crippen LogP contribution in [0.3, 0.4) is 0 Å². The van der Waals surface area contributed by atoms with Gasteiger partial charge in [0.1, 0.15) is 0 Å². The highest BCUT2D eigenvalue weighted by Crippen LogP contribution is 2.24. The largest absolute Gasteiger partial charge is 0.542 e. The molecule has 1 rings (SSSR count). The number of carbonyl (C=O) groups excluding carboxylic acids is 1. The highest BCUT2D eigenvalue weighted by molar-refractivity contribution is 6.70. The molecule has 0 N–H and O–H groups in total. The van der Waals surface area contributed by atoms with Crippen molar-refractivity contribution in [1.29, 1.82) is 0 Å². The molecule has 0 aliphatic rings. The van der Waals surface area contributed by atoms with E-state index >= 15 is 0 Å². The van der Waals surface area contributed by atoms with Crippen LogP contribution in [0.4, 0.5) is 4.39 Å². The Balaban J connectivity index is 3.11. The summed E-state index contributed by atoms with van der Waals surface area (Å²) < 4.78 is 18.8. The number of rotatable bonds is 3. The number of hydrogen-bond acceptors (Lipinski definition) is 2. The van der Waals surface area contributed by atoms with Crippen LogP contribution in [0.5, 0.6) is 5.75 Å². The maximum atomic E-state index is 13.3. The lowest BCUT2D eigenvalue weighted by Gasteiger charge is -2.20. The van der Waals surface area contributed by atoms with E-state index < -0.39 is 14.1 Å². The first-order valence-corrected chi connectivity index (χ1v) is 7.77. The fraction of sp³-hybridized carbons (Fsp3) is 0.300. The smallest absolute Gasteiger partial charge is 0.242 e. The predicted molar refractivity (Wildman–Crippen MR) is 55.8 cm³/mol. The molecule has 0 spiro atoms. The standard InChI is InChI=1S/C10H13FO2Si/c1-14(2,3)13-10-8(7-12)5-4-6-9(10)11/h4-7H,1-3H3. The van der Waals surface area contributed by atoms with E-state index in [1.807, 2.05) is 19.6 Å². The maximum absolute atomic E-state index is 13.3. The molecule has 1 aromatic rings. The van der Waals surface area contributed by atoms with Gasteiger partial charge < -0.3 is 4.43 Å². The van der Waals surface area contributed by atoms with Gasteiger partial charge in [-0.25, -0.2) is 4.39 Å². The average Bonchev–Trinajstić information content (AvgIpc) is 2.06. The van der Waals surface area contributed by atoms with Crippen molar-refractivity contribution >= 4 is 14.6 Å². The molecule has 0 unspecified atom stereocenters. The van der Waals surface area contributed by atoms with Crippen molar-refractivity contribution in [2.24, 2.45) is 0 Å². The van der Waals surface area contributed by atoms with Crippen molar-refractivity contribution in [3.8, 4) is 5.75 Å². The molecule has 0 aliphatic carbocycles. The summed E-state index contributed by atoms with van der Waals surface area (Å²) in [7, 11) is -1.88. The Morgan fingerprint density at radius 1 is 1.36 bits per heavy atom. The highest BCUT2D eigenvalue weighted by Gasteiger charge is 2.20. The molecule has 1 aromatic carbocycles. The maximum Gasteiger partial charge on any atom is 0.242 e. The third kappa shape index (κ3) is 2.66. The molecule has 0 aliphatic heterocycles. The third-order valence-corrected chi connectivity index (χ3v) is 2.35. The van der Waals surface area contributed by atoms with E-state index in [1.165, 1.54) is 12.1 Å². The lowest BCUT2D eigenvalue weighted by atomic mass is 10.2. The van der Waals surface area contributed by atoms with Crippen LogP contribution < -0.4 is 4.43 Å². The second-order valence-corrected chi connectivity index (χ2v) is 8.42. The van der Waals surface area contributed by atoms with Gasteiger partial charge in [-0.3, -0.25) is 4.79 Å². The highest BCUT2D eigenvalue weighted by atomic mass is 28.4.